The molecule has 1 unspecified atom stereocenters. The minimum atomic E-state index is -1.18. The molecule has 0 aliphatic heterocycles. The minimum Gasteiger partial charge on any atom is -0.475 e. The molecule has 0 aromatic carbocycles. The Morgan fingerprint density at radius 3 is 2.87 bits per heavy atom. The van der Waals surface area contributed by atoms with Crippen LogP contribution in [0.1, 0.15) is 50.2 Å². The van der Waals surface area contributed by atoms with Crippen molar-refractivity contribution in [3.05, 3.63) is 46.4 Å². The number of nitrogens with zero attached hydrogens (tertiary/aromatic N) is 2. The molecule has 7 heteroatoms. The summed E-state index contributed by atoms with van der Waals surface area (Å²) < 4.78 is 5.13. The summed E-state index contributed by atoms with van der Waals surface area (Å²) >= 11 is 0. The number of carbonyl (C=O) groups excluding carboxylic acids is 1. The summed E-state index contributed by atoms with van der Waals surface area (Å²) in [7, 11) is 0. The number of carboxylic acids is 1. The molecule has 7 nitrogen and oxygen atoms in total. The van der Waals surface area contributed by atoms with Crippen LogP contribution in [-0.4, -0.2) is 33.0 Å². The highest BCUT2D eigenvalue weighted by Gasteiger charge is 2.24. The smallest absolute Gasteiger partial charge is 0.372 e. The second-order valence-electron chi connectivity index (χ2n) is 5.73. The van der Waals surface area contributed by atoms with Gasteiger partial charge in [0.25, 0.3) is 5.91 Å². The summed E-state index contributed by atoms with van der Waals surface area (Å²) in [5, 5.41) is 11.9. The molecule has 1 aliphatic rings. The van der Waals surface area contributed by atoms with Crippen LogP contribution in [0, 0.1) is 13.8 Å². The van der Waals surface area contributed by atoms with Gasteiger partial charge in [-0.15, -0.1) is 0 Å². The number of hydrogen-bond acceptors (Lipinski definition) is 5. The van der Waals surface area contributed by atoms with Gasteiger partial charge in [0.1, 0.15) is 5.82 Å². The highest BCUT2D eigenvalue weighted by Crippen LogP contribution is 2.20. The number of carbonyl (C=O) groups is 2. The van der Waals surface area contributed by atoms with E-state index in [9.17, 15) is 9.59 Å². The van der Waals surface area contributed by atoms with E-state index in [1.807, 2.05) is 6.92 Å². The average molecular weight is 315 g/mol. The third-order valence-corrected chi connectivity index (χ3v) is 3.94. The molecule has 120 valence electrons. The first kappa shape index (κ1) is 15.2. The number of aromatic carboxylic acids is 1. The Labute approximate surface area is 132 Å². The van der Waals surface area contributed by atoms with E-state index in [2.05, 4.69) is 15.3 Å². The molecule has 0 saturated carbocycles. The second-order valence-corrected chi connectivity index (χ2v) is 5.73. The van der Waals surface area contributed by atoms with E-state index in [0.29, 0.717) is 12.0 Å². The van der Waals surface area contributed by atoms with Crippen molar-refractivity contribution in [2.24, 2.45) is 0 Å². The standard InChI is InChI=1S/C16H17N3O4/c1-8-5-13(23-14(8)16(21)22)15(20)19-11-3-4-12-10(6-11)7-17-9(2)18-12/h5,7,11H,3-4,6H2,1-2H3,(H,19,20)(H,21,22). The van der Waals surface area contributed by atoms with Crippen LogP contribution in [0.3, 0.4) is 0 Å². The van der Waals surface area contributed by atoms with Crippen molar-refractivity contribution in [2.45, 2.75) is 39.2 Å². The van der Waals surface area contributed by atoms with Crippen LogP contribution in [0.2, 0.25) is 0 Å². The number of fused-ring (bicyclic) bond motifs is 1. The van der Waals surface area contributed by atoms with Gasteiger partial charge in [0.15, 0.2) is 5.76 Å². The van der Waals surface area contributed by atoms with Crippen LogP contribution in [0.5, 0.6) is 0 Å². The molecular weight excluding hydrogens is 298 g/mol. The third-order valence-electron chi connectivity index (χ3n) is 3.94. The summed E-state index contributed by atoms with van der Waals surface area (Å²) in [5.41, 5.74) is 2.50. The summed E-state index contributed by atoms with van der Waals surface area (Å²) in [6.45, 7) is 3.45. The highest BCUT2D eigenvalue weighted by atomic mass is 16.4. The van der Waals surface area contributed by atoms with Gasteiger partial charge in [-0.1, -0.05) is 0 Å². The largest absolute Gasteiger partial charge is 0.475 e. The number of carboxylic acid groups (broad SMARTS) is 1. The lowest BCUT2D eigenvalue weighted by Gasteiger charge is -2.24. The predicted molar refractivity (Wildman–Crippen MR) is 80.5 cm³/mol. The summed E-state index contributed by atoms with van der Waals surface area (Å²) in [4.78, 5) is 31.8. The topological polar surface area (TPSA) is 105 Å². The van der Waals surface area contributed by atoms with Crippen molar-refractivity contribution in [1.82, 2.24) is 15.3 Å². The number of amides is 1. The number of hydrogen-bond donors (Lipinski definition) is 2. The summed E-state index contributed by atoms with van der Waals surface area (Å²) in [5.74, 6) is -1.01. The zero-order valence-corrected chi connectivity index (χ0v) is 12.9. The van der Waals surface area contributed by atoms with Crippen LogP contribution in [-0.2, 0) is 12.8 Å². The fourth-order valence-electron chi connectivity index (χ4n) is 2.79. The molecule has 0 spiro atoms. The average Bonchev–Trinajstić information content (AvgIpc) is 2.90. The third kappa shape index (κ3) is 3.08. The van der Waals surface area contributed by atoms with Gasteiger partial charge in [-0.2, -0.15) is 0 Å². The van der Waals surface area contributed by atoms with E-state index in [-0.39, 0.29) is 17.6 Å². The Bertz CT molecular complexity index is 782. The lowest BCUT2D eigenvalue weighted by Crippen LogP contribution is -2.39. The van der Waals surface area contributed by atoms with E-state index in [1.165, 1.54) is 6.07 Å². The SMILES string of the molecule is Cc1ncc2c(n1)CCC(NC(=O)c1cc(C)c(C(=O)O)o1)C2. The monoisotopic (exact) mass is 315 g/mol. The zero-order valence-electron chi connectivity index (χ0n) is 12.9. The Morgan fingerprint density at radius 2 is 2.17 bits per heavy atom. The van der Waals surface area contributed by atoms with Crippen molar-refractivity contribution in [3.63, 3.8) is 0 Å². The van der Waals surface area contributed by atoms with Gasteiger partial charge in [0, 0.05) is 23.5 Å². The molecule has 0 fully saturated rings. The lowest BCUT2D eigenvalue weighted by atomic mass is 9.92. The van der Waals surface area contributed by atoms with E-state index >= 15 is 0 Å². The number of rotatable bonds is 3. The van der Waals surface area contributed by atoms with Crippen molar-refractivity contribution in [3.8, 4) is 0 Å². The molecule has 1 atom stereocenters. The van der Waals surface area contributed by atoms with Crippen LogP contribution < -0.4 is 5.32 Å². The first-order valence-corrected chi connectivity index (χ1v) is 7.40. The van der Waals surface area contributed by atoms with Gasteiger partial charge >= 0.3 is 5.97 Å². The molecule has 2 aromatic rings. The van der Waals surface area contributed by atoms with Gasteiger partial charge < -0.3 is 14.8 Å². The molecule has 23 heavy (non-hydrogen) atoms. The van der Waals surface area contributed by atoms with Gasteiger partial charge in [-0.05, 0) is 44.7 Å². The number of aromatic nitrogens is 2. The predicted octanol–water partition coefficient (Wildman–Crippen LogP) is 1.67. The van der Waals surface area contributed by atoms with E-state index in [1.54, 1.807) is 13.1 Å². The van der Waals surface area contributed by atoms with Crippen molar-refractivity contribution < 1.29 is 19.1 Å². The molecule has 0 radical (unpaired) electrons. The number of aryl methyl sites for hydroxylation is 3. The van der Waals surface area contributed by atoms with Crippen molar-refractivity contribution in [1.29, 1.82) is 0 Å². The van der Waals surface area contributed by atoms with Crippen LogP contribution in [0.4, 0.5) is 0 Å². The van der Waals surface area contributed by atoms with Crippen LogP contribution in [0.15, 0.2) is 16.7 Å². The molecule has 1 amide bonds. The van der Waals surface area contributed by atoms with Gasteiger partial charge in [-0.25, -0.2) is 14.8 Å². The second kappa shape index (κ2) is 5.83. The fraction of sp³-hybridized carbons (Fsp3) is 0.375. The van der Waals surface area contributed by atoms with E-state index < -0.39 is 11.9 Å². The zero-order chi connectivity index (χ0) is 16.6. The Morgan fingerprint density at radius 1 is 1.39 bits per heavy atom. The minimum absolute atomic E-state index is 0.0193. The maximum atomic E-state index is 12.2. The van der Waals surface area contributed by atoms with E-state index in [4.69, 9.17) is 9.52 Å². The maximum absolute atomic E-state index is 12.2. The number of furan rings is 1. The highest BCUT2D eigenvalue weighted by molar-refractivity contribution is 5.94. The van der Waals surface area contributed by atoms with E-state index in [0.717, 1.165) is 29.9 Å². The normalized spacial score (nSPS) is 16.7. The summed E-state index contributed by atoms with van der Waals surface area (Å²) in [6, 6.07) is 1.40. The molecule has 2 heterocycles. The quantitative estimate of drug-likeness (QED) is 0.892. The lowest BCUT2D eigenvalue weighted by molar-refractivity contribution is 0.0658. The van der Waals surface area contributed by atoms with Crippen molar-refractivity contribution >= 4 is 11.9 Å². The van der Waals surface area contributed by atoms with Crippen LogP contribution >= 0.6 is 0 Å². The summed E-state index contributed by atoms with van der Waals surface area (Å²) in [6.07, 6.45) is 4.02. The maximum Gasteiger partial charge on any atom is 0.372 e. The molecule has 3 rings (SSSR count). The molecule has 0 bridgehead atoms. The molecule has 1 aliphatic carbocycles. The fourth-order valence-corrected chi connectivity index (χ4v) is 2.79. The van der Waals surface area contributed by atoms with Gasteiger partial charge in [0.05, 0.1) is 0 Å². The molecule has 2 N–H and O–H groups in total. The van der Waals surface area contributed by atoms with Gasteiger partial charge in [0.2, 0.25) is 5.76 Å². The molecular formula is C16H17N3O4. The Hall–Kier alpha value is -2.70. The van der Waals surface area contributed by atoms with Crippen LogP contribution in [0.25, 0.3) is 0 Å². The Kier molecular flexibility index (Phi) is 3.85. The van der Waals surface area contributed by atoms with Gasteiger partial charge in [-0.3, -0.25) is 4.79 Å². The first-order valence-electron chi connectivity index (χ1n) is 7.40. The molecule has 0 saturated heterocycles. The molecule has 2 aromatic heterocycles. The van der Waals surface area contributed by atoms with Crippen molar-refractivity contribution in [2.75, 3.05) is 0 Å². The Balaban J connectivity index is 1.70. The first-order chi connectivity index (χ1) is 10.9. The number of nitrogens with one attached hydrogen (secondary N) is 1.